The summed E-state index contributed by atoms with van der Waals surface area (Å²) in [6.45, 7) is 4.35. The number of para-hydroxylation sites is 1. The van der Waals surface area contributed by atoms with Crippen LogP contribution in [-0.4, -0.2) is 59.1 Å². The van der Waals surface area contributed by atoms with Crippen molar-refractivity contribution in [2.24, 2.45) is 0 Å². The molecule has 1 aliphatic heterocycles. The Balaban J connectivity index is 1.52. The minimum Gasteiger partial charge on any atom is -0.374 e. The van der Waals surface area contributed by atoms with Crippen LogP contribution in [-0.2, 0) is 11.3 Å². The number of morpholine rings is 1. The summed E-state index contributed by atoms with van der Waals surface area (Å²) in [5.41, 5.74) is 4.27. The lowest BCUT2D eigenvalue weighted by molar-refractivity contribution is -0.0182. The van der Waals surface area contributed by atoms with E-state index < -0.39 is 0 Å². The molecule has 1 aromatic carbocycles. The second kappa shape index (κ2) is 8.43. The Kier molecular flexibility index (Phi) is 5.58. The zero-order chi connectivity index (χ0) is 18.5. The van der Waals surface area contributed by atoms with Gasteiger partial charge in [0, 0.05) is 55.9 Å². The van der Waals surface area contributed by atoms with Crippen molar-refractivity contribution in [2.45, 2.75) is 12.6 Å². The van der Waals surface area contributed by atoms with E-state index in [9.17, 15) is 0 Å². The molecule has 3 aromatic rings. The highest BCUT2D eigenvalue weighted by Crippen LogP contribution is 2.23. The molecule has 4 rings (SSSR count). The maximum absolute atomic E-state index is 5.84. The molecule has 3 heterocycles. The van der Waals surface area contributed by atoms with Crippen molar-refractivity contribution in [3.05, 3.63) is 66.6 Å². The lowest BCUT2D eigenvalue weighted by atomic mass is 10.1. The highest BCUT2D eigenvalue weighted by atomic mass is 16.5. The number of rotatable bonds is 6. The minimum absolute atomic E-state index is 0.234. The predicted octanol–water partition coefficient (Wildman–Crippen LogP) is 2.35. The zero-order valence-electron chi connectivity index (χ0n) is 15.6. The van der Waals surface area contributed by atoms with Crippen LogP contribution in [0.25, 0.3) is 16.9 Å². The average molecular weight is 363 g/mol. The van der Waals surface area contributed by atoms with E-state index in [1.807, 2.05) is 35.0 Å². The van der Waals surface area contributed by atoms with Crippen molar-refractivity contribution < 1.29 is 4.74 Å². The minimum atomic E-state index is 0.234. The van der Waals surface area contributed by atoms with Gasteiger partial charge in [0.25, 0.3) is 0 Å². The Morgan fingerprint density at radius 3 is 2.74 bits per heavy atom. The van der Waals surface area contributed by atoms with Gasteiger partial charge in [-0.1, -0.05) is 18.2 Å². The van der Waals surface area contributed by atoms with Gasteiger partial charge in [-0.05, 0) is 31.3 Å². The van der Waals surface area contributed by atoms with Crippen LogP contribution in [0, 0.1) is 0 Å². The zero-order valence-corrected chi connectivity index (χ0v) is 15.6. The topological polar surface area (TPSA) is 55.2 Å². The maximum atomic E-state index is 5.84. The summed E-state index contributed by atoms with van der Waals surface area (Å²) >= 11 is 0. The molecule has 0 spiro atoms. The summed E-state index contributed by atoms with van der Waals surface area (Å²) in [6, 6.07) is 14.2. The van der Waals surface area contributed by atoms with Crippen LogP contribution in [0.4, 0.5) is 0 Å². The van der Waals surface area contributed by atoms with Gasteiger partial charge in [-0.15, -0.1) is 0 Å². The van der Waals surface area contributed by atoms with E-state index in [1.54, 1.807) is 12.4 Å². The molecule has 1 aliphatic rings. The highest BCUT2D eigenvalue weighted by Gasteiger charge is 2.18. The smallest absolute Gasteiger partial charge is 0.0973 e. The van der Waals surface area contributed by atoms with E-state index in [1.165, 1.54) is 0 Å². The molecule has 6 nitrogen and oxygen atoms in total. The SMILES string of the molecule is CN1CCO[C@H](CNCc2cn(-c3ccccc3)nc2-c2ccncc2)C1. The first-order valence-corrected chi connectivity index (χ1v) is 9.35. The lowest BCUT2D eigenvalue weighted by Crippen LogP contribution is -2.44. The van der Waals surface area contributed by atoms with Crippen molar-refractivity contribution >= 4 is 0 Å². The van der Waals surface area contributed by atoms with Crippen LogP contribution < -0.4 is 5.32 Å². The first kappa shape index (κ1) is 17.9. The highest BCUT2D eigenvalue weighted by molar-refractivity contribution is 5.62. The first-order chi connectivity index (χ1) is 13.3. The largest absolute Gasteiger partial charge is 0.374 e. The summed E-state index contributed by atoms with van der Waals surface area (Å²) in [4.78, 5) is 6.44. The Bertz CT molecular complexity index is 850. The van der Waals surface area contributed by atoms with E-state index in [0.717, 1.165) is 55.3 Å². The van der Waals surface area contributed by atoms with E-state index in [-0.39, 0.29) is 6.10 Å². The van der Waals surface area contributed by atoms with Gasteiger partial charge in [-0.25, -0.2) is 4.68 Å². The fourth-order valence-corrected chi connectivity index (χ4v) is 3.36. The van der Waals surface area contributed by atoms with Gasteiger partial charge in [0.1, 0.15) is 0 Å². The Hall–Kier alpha value is -2.54. The fourth-order valence-electron chi connectivity index (χ4n) is 3.36. The lowest BCUT2D eigenvalue weighted by Gasteiger charge is -2.30. The summed E-state index contributed by atoms with van der Waals surface area (Å²) in [5.74, 6) is 0. The summed E-state index contributed by atoms with van der Waals surface area (Å²) in [5, 5.41) is 8.38. The number of nitrogens with one attached hydrogen (secondary N) is 1. The van der Waals surface area contributed by atoms with Crippen molar-refractivity contribution in [3.8, 4) is 16.9 Å². The van der Waals surface area contributed by atoms with Crippen LogP contribution >= 0.6 is 0 Å². The standard InChI is InChI=1S/C21H25N5O/c1-25-11-12-27-20(16-25)14-23-13-18-15-26(19-5-3-2-4-6-19)24-21(18)17-7-9-22-10-8-17/h2-10,15,20,23H,11-14,16H2,1H3/t20-/m1/s1. The van der Waals surface area contributed by atoms with Crippen molar-refractivity contribution in [1.29, 1.82) is 0 Å². The molecular weight excluding hydrogens is 338 g/mol. The number of pyridine rings is 1. The van der Waals surface area contributed by atoms with Crippen molar-refractivity contribution in [3.63, 3.8) is 0 Å². The second-order valence-electron chi connectivity index (χ2n) is 6.90. The molecule has 0 aliphatic carbocycles. The third-order valence-corrected chi connectivity index (χ3v) is 4.79. The number of hydrogen-bond acceptors (Lipinski definition) is 5. The molecule has 6 heteroatoms. The fraction of sp³-hybridized carbons (Fsp3) is 0.333. The van der Waals surface area contributed by atoms with E-state index in [4.69, 9.17) is 9.84 Å². The molecule has 0 radical (unpaired) electrons. The number of benzene rings is 1. The summed E-state index contributed by atoms with van der Waals surface area (Å²) in [7, 11) is 2.14. The van der Waals surface area contributed by atoms with E-state index in [0.29, 0.717) is 0 Å². The molecule has 0 bridgehead atoms. The van der Waals surface area contributed by atoms with Gasteiger partial charge in [0.2, 0.25) is 0 Å². The van der Waals surface area contributed by atoms with Crippen molar-refractivity contribution in [1.82, 2.24) is 25.0 Å². The normalized spacial score (nSPS) is 17.9. The molecule has 0 unspecified atom stereocenters. The Morgan fingerprint density at radius 2 is 1.96 bits per heavy atom. The van der Waals surface area contributed by atoms with E-state index >= 15 is 0 Å². The number of nitrogens with zero attached hydrogens (tertiary/aromatic N) is 4. The summed E-state index contributed by atoms with van der Waals surface area (Å²) in [6.07, 6.45) is 5.95. The second-order valence-corrected chi connectivity index (χ2v) is 6.90. The molecule has 140 valence electrons. The molecular formula is C21H25N5O. The van der Waals surface area contributed by atoms with Crippen LogP contribution in [0.5, 0.6) is 0 Å². The number of ether oxygens (including phenoxy) is 1. The Labute approximate surface area is 159 Å². The molecule has 1 N–H and O–H groups in total. The number of hydrogen-bond donors (Lipinski definition) is 1. The predicted molar refractivity (Wildman–Crippen MR) is 106 cm³/mol. The molecule has 27 heavy (non-hydrogen) atoms. The van der Waals surface area contributed by atoms with Crippen LogP contribution in [0.2, 0.25) is 0 Å². The molecule has 2 aromatic heterocycles. The van der Waals surface area contributed by atoms with Crippen LogP contribution in [0.15, 0.2) is 61.1 Å². The Morgan fingerprint density at radius 1 is 1.15 bits per heavy atom. The maximum Gasteiger partial charge on any atom is 0.0973 e. The average Bonchev–Trinajstić information content (AvgIpc) is 3.14. The van der Waals surface area contributed by atoms with Gasteiger partial charge >= 0.3 is 0 Å². The quantitative estimate of drug-likeness (QED) is 0.729. The van der Waals surface area contributed by atoms with Crippen LogP contribution in [0.3, 0.4) is 0 Å². The molecule has 1 saturated heterocycles. The van der Waals surface area contributed by atoms with E-state index in [2.05, 4.69) is 40.6 Å². The van der Waals surface area contributed by atoms with Gasteiger partial charge in [0.15, 0.2) is 0 Å². The monoisotopic (exact) mass is 363 g/mol. The molecule has 0 saturated carbocycles. The van der Waals surface area contributed by atoms with Gasteiger partial charge in [-0.3, -0.25) is 4.98 Å². The molecule has 1 atom stereocenters. The van der Waals surface area contributed by atoms with Gasteiger partial charge in [-0.2, -0.15) is 5.10 Å². The van der Waals surface area contributed by atoms with Crippen LogP contribution in [0.1, 0.15) is 5.56 Å². The number of likely N-dealkylation sites (N-methyl/N-ethyl adjacent to an activating group) is 1. The third-order valence-electron chi connectivity index (χ3n) is 4.79. The number of aromatic nitrogens is 3. The molecule has 1 fully saturated rings. The first-order valence-electron chi connectivity index (χ1n) is 9.35. The summed E-state index contributed by atoms with van der Waals surface area (Å²) < 4.78 is 7.78. The van der Waals surface area contributed by atoms with Gasteiger partial charge in [0.05, 0.1) is 24.1 Å². The molecule has 0 amide bonds. The van der Waals surface area contributed by atoms with Crippen molar-refractivity contribution in [2.75, 3.05) is 33.3 Å². The van der Waals surface area contributed by atoms with Gasteiger partial charge < -0.3 is 15.0 Å². The third kappa shape index (κ3) is 4.42.